The summed E-state index contributed by atoms with van der Waals surface area (Å²) in [6, 6.07) is 6.52. The Kier molecular flexibility index (Phi) is 3.95. The summed E-state index contributed by atoms with van der Waals surface area (Å²) in [5.41, 5.74) is 3.32. The van der Waals surface area contributed by atoms with Gasteiger partial charge in [-0.3, -0.25) is 4.79 Å². The fraction of sp³-hybridized carbons (Fsp3) is 0.588. The van der Waals surface area contributed by atoms with Crippen molar-refractivity contribution in [2.75, 3.05) is 18.9 Å². The fourth-order valence-electron chi connectivity index (χ4n) is 3.45. The minimum Gasteiger partial charge on any atom is -0.384 e. The van der Waals surface area contributed by atoms with Crippen molar-refractivity contribution in [3.63, 3.8) is 0 Å². The molecule has 1 aliphatic carbocycles. The Hall–Kier alpha value is -1.51. The van der Waals surface area contributed by atoms with Crippen LogP contribution in [0.4, 0.5) is 5.69 Å². The van der Waals surface area contributed by atoms with E-state index in [-0.39, 0.29) is 5.91 Å². The molecule has 1 N–H and O–H groups in total. The van der Waals surface area contributed by atoms with Gasteiger partial charge >= 0.3 is 0 Å². The second-order valence-electron chi connectivity index (χ2n) is 6.11. The van der Waals surface area contributed by atoms with Gasteiger partial charge in [-0.2, -0.15) is 0 Å². The maximum atomic E-state index is 12.7. The van der Waals surface area contributed by atoms with Crippen LogP contribution in [0.3, 0.4) is 0 Å². The lowest BCUT2D eigenvalue weighted by Gasteiger charge is -2.27. The van der Waals surface area contributed by atoms with Crippen molar-refractivity contribution >= 4 is 11.6 Å². The molecule has 1 aromatic rings. The van der Waals surface area contributed by atoms with Crippen LogP contribution in [0.2, 0.25) is 0 Å². The van der Waals surface area contributed by atoms with Gasteiger partial charge in [0.25, 0.3) is 5.91 Å². The van der Waals surface area contributed by atoms with Crippen LogP contribution in [0.25, 0.3) is 0 Å². The van der Waals surface area contributed by atoms with Gasteiger partial charge in [0.1, 0.15) is 0 Å². The minimum atomic E-state index is 0.187. The van der Waals surface area contributed by atoms with E-state index in [1.165, 1.54) is 36.9 Å². The second-order valence-corrected chi connectivity index (χ2v) is 6.11. The second kappa shape index (κ2) is 5.86. The number of rotatable bonds is 2. The Morgan fingerprint density at radius 3 is 2.70 bits per heavy atom. The number of benzene rings is 1. The molecule has 1 aromatic carbocycles. The highest BCUT2D eigenvalue weighted by Crippen LogP contribution is 2.26. The van der Waals surface area contributed by atoms with E-state index in [4.69, 9.17) is 0 Å². The van der Waals surface area contributed by atoms with E-state index in [9.17, 15) is 4.79 Å². The molecule has 1 heterocycles. The zero-order chi connectivity index (χ0) is 13.9. The Morgan fingerprint density at radius 1 is 1.20 bits per heavy atom. The maximum absolute atomic E-state index is 12.7. The summed E-state index contributed by atoms with van der Waals surface area (Å²) in [4.78, 5) is 14.6. The molecule has 108 valence electrons. The molecule has 20 heavy (non-hydrogen) atoms. The van der Waals surface area contributed by atoms with Crippen LogP contribution in [0.15, 0.2) is 18.2 Å². The third kappa shape index (κ3) is 2.67. The van der Waals surface area contributed by atoms with Gasteiger partial charge in [0, 0.05) is 30.9 Å². The molecule has 0 unspecified atom stereocenters. The van der Waals surface area contributed by atoms with Crippen molar-refractivity contribution in [2.45, 2.75) is 51.0 Å². The number of hydrogen-bond donors (Lipinski definition) is 1. The molecule has 3 nitrogen and oxygen atoms in total. The highest BCUT2D eigenvalue weighted by Gasteiger charge is 2.23. The van der Waals surface area contributed by atoms with Gasteiger partial charge in [-0.05, 0) is 43.0 Å². The van der Waals surface area contributed by atoms with Crippen molar-refractivity contribution in [1.82, 2.24) is 4.90 Å². The molecule has 0 atom stereocenters. The predicted molar refractivity (Wildman–Crippen MR) is 82.2 cm³/mol. The number of nitrogens with one attached hydrogen (secondary N) is 1. The Labute approximate surface area is 121 Å². The summed E-state index contributed by atoms with van der Waals surface area (Å²) in [6.07, 6.45) is 8.52. The van der Waals surface area contributed by atoms with Crippen molar-refractivity contribution in [3.8, 4) is 0 Å². The van der Waals surface area contributed by atoms with Crippen LogP contribution >= 0.6 is 0 Å². The van der Waals surface area contributed by atoms with Gasteiger partial charge in [0.15, 0.2) is 0 Å². The summed E-state index contributed by atoms with van der Waals surface area (Å²) >= 11 is 0. The first-order valence-electron chi connectivity index (χ1n) is 7.89. The average Bonchev–Trinajstić information content (AvgIpc) is 2.77. The molecular formula is C17H24N2O. The maximum Gasteiger partial charge on any atom is 0.253 e. The van der Waals surface area contributed by atoms with E-state index < -0.39 is 0 Å². The van der Waals surface area contributed by atoms with E-state index in [0.717, 1.165) is 31.4 Å². The van der Waals surface area contributed by atoms with E-state index in [1.807, 2.05) is 18.0 Å². The third-order valence-corrected chi connectivity index (χ3v) is 4.75. The SMILES string of the molecule is CN(C(=O)c1ccc2c(c1)CCN2)C1CCCCCC1. The van der Waals surface area contributed by atoms with Crippen molar-refractivity contribution in [3.05, 3.63) is 29.3 Å². The number of fused-ring (bicyclic) bond motifs is 1. The minimum absolute atomic E-state index is 0.187. The van der Waals surface area contributed by atoms with Gasteiger partial charge in [-0.25, -0.2) is 0 Å². The molecule has 0 saturated heterocycles. The van der Waals surface area contributed by atoms with Crippen LogP contribution in [-0.2, 0) is 6.42 Å². The van der Waals surface area contributed by atoms with Crippen molar-refractivity contribution in [2.24, 2.45) is 0 Å². The van der Waals surface area contributed by atoms with Crippen LogP contribution in [-0.4, -0.2) is 30.4 Å². The lowest BCUT2D eigenvalue weighted by Crippen LogP contribution is -2.36. The molecule has 1 amide bonds. The molecule has 1 fully saturated rings. The predicted octanol–water partition coefficient (Wildman–Crippen LogP) is 3.45. The zero-order valence-corrected chi connectivity index (χ0v) is 12.3. The first-order valence-corrected chi connectivity index (χ1v) is 7.89. The standard InChI is InChI=1S/C17H24N2O/c1-19(15-6-4-2-3-5-7-15)17(20)14-8-9-16-13(12-14)10-11-18-16/h8-9,12,15,18H,2-7,10-11H2,1H3. The first-order chi connectivity index (χ1) is 9.75. The van der Waals surface area contributed by atoms with Gasteiger partial charge in [-0.1, -0.05) is 25.7 Å². The molecule has 2 aliphatic rings. The lowest BCUT2D eigenvalue weighted by molar-refractivity contribution is 0.0717. The molecule has 0 bridgehead atoms. The lowest BCUT2D eigenvalue weighted by atomic mass is 10.0. The monoisotopic (exact) mass is 272 g/mol. The molecule has 1 saturated carbocycles. The Morgan fingerprint density at radius 2 is 1.95 bits per heavy atom. The Balaban J connectivity index is 1.74. The topological polar surface area (TPSA) is 32.3 Å². The third-order valence-electron chi connectivity index (χ3n) is 4.75. The van der Waals surface area contributed by atoms with E-state index in [0.29, 0.717) is 6.04 Å². The number of amides is 1. The van der Waals surface area contributed by atoms with Gasteiger partial charge in [0.05, 0.1) is 0 Å². The molecule has 0 spiro atoms. The van der Waals surface area contributed by atoms with Crippen molar-refractivity contribution in [1.29, 1.82) is 0 Å². The summed E-state index contributed by atoms with van der Waals surface area (Å²) in [7, 11) is 1.98. The molecule has 1 aliphatic heterocycles. The number of anilines is 1. The number of hydrogen-bond acceptors (Lipinski definition) is 2. The van der Waals surface area contributed by atoms with Crippen LogP contribution < -0.4 is 5.32 Å². The van der Waals surface area contributed by atoms with Gasteiger partial charge < -0.3 is 10.2 Å². The highest BCUT2D eigenvalue weighted by atomic mass is 16.2. The molecule has 3 heteroatoms. The van der Waals surface area contributed by atoms with Gasteiger partial charge in [0.2, 0.25) is 0 Å². The highest BCUT2D eigenvalue weighted by molar-refractivity contribution is 5.95. The molecule has 0 radical (unpaired) electrons. The van der Waals surface area contributed by atoms with Crippen LogP contribution in [0, 0.1) is 0 Å². The smallest absolute Gasteiger partial charge is 0.253 e. The fourth-order valence-corrected chi connectivity index (χ4v) is 3.45. The quantitative estimate of drug-likeness (QED) is 0.836. The number of carbonyl (C=O) groups excluding carboxylic acids is 1. The van der Waals surface area contributed by atoms with Crippen molar-refractivity contribution < 1.29 is 4.79 Å². The summed E-state index contributed by atoms with van der Waals surface area (Å²) < 4.78 is 0. The molecule has 3 rings (SSSR count). The van der Waals surface area contributed by atoms with Gasteiger partial charge in [-0.15, -0.1) is 0 Å². The zero-order valence-electron chi connectivity index (χ0n) is 12.3. The first kappa shape index (κ1) is 13.5. The van der Waals surface area contributed by atoms with E-state index >= 15 is 0 Å². The Bertz CT molecular complexity index is 490. The van der Waals surface area contributed by atoms with E-state index in [2.05, 4.69) is 17.4 Å². The number of nitrogens with zero attached hydrogens (tertiary/aromatic N) is 1. The number of carbonyl (C=O) groups is 1. The van der Waals surface area contributed by atoms with Crippen LogP contribution in [0.1, 0.15) is 54.4 Å². The van der Waals surface area contributed by atoms with E-state index in [1.54, 1.807) is 0 Å². The largest absolute Gasteiger partial charge is 0.384 e. The summed E-state index contributed by atoms with van der Waals surface area (Å²) in [5.74, 6) is 0.187. The molecular weight excluding hydrogens is 248 g/mol. The average molecular weight is 272 g/mol. The molecule has 0 aromatic heterocycles. The van der Waals surface area contributed by atoms with Crippen LogP contribution in [0.5, 0.6) is 0 Å². The normalized spacial score (nSPS) is 19.1. The summed E-state index contributed by atoms with van der Waals surface area (Å²) in [5, 5.41) is 3.34. The summed E-state index contributed by atoms with van der Waals surface area (Å²) in [6.45, 7) is 0.992.